The number of aromatic amines is 1. The highest BCUT2D eigenvalue weighted by molar-refractivity contribution is 5.97. The fourth-order valence-corrected chi connectivity index (χ4v) is 3.12. The van der Waals surface area contributed by atoms with Crippen molar-refractivity contribution in [2.24, 2.45) is 0 Å². The molecule has 128 valence electrons. The Hall–Kier alpha value is -3.16. The van der Waals surface area contributed by atoms with Crippen LogP contribution in [0.4, 0.5) is 5.82 Å². The summed E-state index contributed by atoms with van der Waals surface area (Å²) in [5.74, 6) is 1.45. The van der Waals surface area contributed by atoms with E-state index in [1.165, 1.54) is 6.33 Å². The Bertz CT molecular complexity index is 901. The van der Waals surface area contributed by atoms with E-state index in [-0.39, 0.29) is 5.91 Å². The number of fused-ring (bicyclic) bond motifs is 1. The van der Waals surface area contributed by atoms with Crippen molar-refractivity contribution in [3.8, 4) is 5.75 Å². The van der Waals surface area contributed by atoms with E-state index < -0.39 is 0 Å². The molecular weight excluding hydrogens is 320 g/mol. The normalized spacial score (nSPS) is 14.8. The molecule has 1 aliphatic heterocycles. The molecule has 2 aromatic heterocycles. The number of hydrogen-bond donors (Lipinski definition) is 1. The summed E-state index contributed by atoms with van der Waals surface area (Å²) in [7, 11) is 1.58. The van der Waals surface area contributed by atoms with E-state index in [4.69, 9.17) is 4.74 Å². The number of aromatic nitrogens is 4. The van der Waals surface area contributed by atoms with Crippen molar-refractivity contribution in [3.63, 3.8) is 0 Å². The van der Waals surface area contributed by atoms with Crippen LogP contribution in [0.3, 0.4) is 0 Å². The van der Waals surface area contributed by atoms with Gasteiger partial charge in [0.1, 0.15) is 17.9 Å². The lowest BCUT2D eigenvalue weighted by molar-refractivity contribution is 0.0743. The van der Waals surface area contributed by atoms with Gasteiger partial charge < -0.3 is 14.5 Å². The molecule has 1 N–H and O–H groups in total. The van der Waals surface area contributed by atoms with Crippen molar-refractivity contribution in [1.82, 2.24) is 25.1 Å². The molecule has 0 aliphatic carbocycles. The molecule has 1 aliphatic rings. The monoisotopic (exact) mass is 338 g/mol. The van der Waals surface area contributed by atoms with E-state index in [0.717, 1.165) is 16.9 Å². The van der Waals surface area contributed by atoms with Crippen molar-refractivity contribution in [1.29, 1.82) is 0 Å². The van der Waals surface area contributed by atoms with E-state index in [2.05, 4.69) is 25.1 Å². The smallest absolute Gasteiger partial charge is 0.257 e. The molecule has 0 atom stereocenters. The van der Waals surface area contributed by atoms with E-state index in [0.29, 0.717) is 37.5 Å². The van der Waals surface area contributed by atoms with Gasteiger partial charge in [0.25, 0.3) is 5.91 Å². The maximum absolute atomic E-state index is 12.8. The van der Waals surface area contributed by atoms with Gasteiger partial charge in [-0.25, -0.2) is 9.97 Å². The lowest BCUT2D eigenvalue weighted by atomic mass is 10.1. The molecule has 0 spiro atoms. The maximum atomic E-state index is 12.8. The van der Waals surface area contributed by atoms with Gasteiger partial charge in [0.05, 0.1) is 24.3 Å². The maximum Gasteiger partial charge on any atom is 0.257 e. The zero-order valence-electron chi connectivity index (χ0n) is 13.8. The number of amides is 1. The summed E-state index contributed by atoms with van der Waals surface area (Å²) in [4.78, 5) is 25.3. The summed E-state index contributed by atoms with van der Waals surface area (Å²) in [5.41, 5.74) is 1.32. The molecule has 0 bridgehead atoms. The number of nitrogens with one attached hydrogen (secondary N) is 1. The number of benzene rings is 1. The van der Waals surface area contributed by atoms with Crippen LogP contribution in [-0.2, 0) is 0 Å². The third-order valence-electron chi connectivity index (χ3n) is 4.43. The summed E-state index contributed by atoms with van der Waals surface area (Å²) >= 11 is 0. The summed E-state index contributed by atoms with van der Waals surface area (Å²) in [5, 5.41) is 7.78. The zero-order valence-corrected chi connectivity index (χ0v) is 13.8. The van der Waals surface area contributed by atoms with Crippen molar-refractivity contribution < 1.29 is 9.53 Å². The fraction of sp³-hybridized carbons (Fsp3) is 0.294. The number of anilines is 1. The highest BCUT2D eigenvalue weighted by Gasteiger charge is 2.25. The number of para-hydroxylation sites is 1. The standard InChI is InChI=1S/C17H18N6O2/c1-25-14-5-3-2-4-12(14)17(24)23-8-6-22(7-9-23)16-13-10-20-21-15(13)18-11-19-16/h2-5,10-11H,6-9H2,1H3,(H,18,19,20,21). The minimum atomic E-state index is -0.00625. The quantitative estimate of drug-likeness (QED) is 0.775. The molecule has 1 saturated heterocycles. The predicted molar refractivity (Wildman–Crippen MR) is 92.8 cm³/mol. The third-order valence-corrected chi connectivity index (χ3v) is 4.43. The SMILES string of the molecule is COc1ccccc1C(=O)N1CCN(c2ncnc3[nH]ncc23)CC1. The lowest BCUT2D eigenvalue weighted by Crippen LogP contribution is -2.49. The summed E-state index contributed by atoms with van der Waals surface area (Å²) in [6.45, 7) is 2.66. The zero-order chi connectivity index (χ0) is 17.2. The van der Waals surface area contributed by atoms with Gasteiger partial charge in [-0.05, 0) is 12.1 Å². The van der Waals surface area contributed by atoms with Gasteiger partial charge >= 0.3 is 0 Å². The number of rotatable bonds is 3. The van der Waals surface area contributed by atoms with Gasteiger partial charge in [0.15, 0.2) is 5.65 Å². The second-order valence-electron chi connectivity index (χ2n) is 5.81. The first-order valence-corrected chi connectivity index (χ1v) is 8.09. The highest BCUT2D eigenvalue weighted by Crippen LogP contribution is 2.24. The minimum Gasteiger partial charge on any atom is -0.496 e. The second-order valence-corrected chi connectivity index (χ2v) is 5.81. The Morgan fingerprint density at radius 3 is 2.76 bits per heavy atom. The Balaban J connectivity index is 1.50. The largest absolute Gasteiger partial charge is 0.496 e. The number of carbonyl (C=O) groups is 1. The van der Waals surface area contributed by atoms with Crippen LogP contribution in [-0.4, -0.2) is 64.3 Å². The van der Waals surface area contributed by atoms with Gasteiger partial charge in [0.2, 0.25) is 0 Å². The van der Waals surface area contributed by atoms with Crippen LogP contribution in [0.25, 0.3) is 11.0 Å². The van der Waals surface area contributed by atoms with Gasteiger partial charge in [-0.3, -0.25) is 9.89 Å². The van der Waals surface area contributed by atoms with Crippen LogP contribution in [0, 0.1) is 0 Å². The molecule has 3 heterocycles. The Morgan fingerprint density at radius 1 is 1.16 bits per heavy atom. The predicted octanol–water partition coefficient (Wildman–Crippen LogP) is 1.32. The van der Waals surface area contributed by atoms with Crippen molar-refractivity contribution in [2.45, 2.75) is 0 Å². The summed E-state index contributed by atoms with van der Waals surface area (Å²) < 4.78 is 5.30. The van der Waals surface area contributed by atoms with E-state index in [9.17, 15) is 4.79 Å². The van der Waals surface area contributed by atoms with Gasteiger partial charge in [-0.2, -0.15) is 5.10 Å². The molecule has 1 amide bonds. The van der Waals surface area contributed by atoms with Crippen LogP contribution in [0.2, 0.25) is 0 Å². The number of hydrogen-bond acceptors (Lipinski definition) is 6. The first-order valence-electron chi connectivity index (χ1n) is 8.09. The molecule has 25 heavy (non-hydrogen) atoms. The second kappa shape index (κ2) is 6.39. The van der Waals surface area contributed by atoms with Crippen molar-refractivity contribution >= 4 is 22.8 Å². The average molecular weight is 338 g/mol. The molecule has 0 saturated carbocycles. The molecule has 1 aromatic carbocycles. The minimum absolute atomic E-state index is 0.00625. The van der Waals surface area contributed by atoms with Crippen LogP contribution < -0.4 is 9.64 Å². The number of carbonyl (C=O) groups excluding carboxylic acids is 1. The molecule has 0 radical (unpaired) electrons. The van der Waals surface area contributed by atoms with Crippen LogP contribution in [0.5, 0.6) is 5.75 Å². The number of methoxy groups -OCH3 is 1. The lowest BCUT2D eigenvalue weighted by Gasteiger charge is -2.35. The van der Waals surface area contributed by atoms with Gasteiger partial charge in [0, 0.05) is 26.2 Å². The van der Waals surface area contributed by atoms with Gasteiger partial charge in [-0.15, -0.1) is 0 Å². The van der Waals surface area contributed by atoms with E-state index >= 15 is 0 Å². The average Bonchev–Trinajstić information content (AvgIpc) is 3.16. The van der Waals surface area contributed by atoms with Crippen molar-refractivity contribution in [2.75, 3.05) is 38.2 Å². The third kappa shape index (κ3) is 2.75. The fourth-order valence-electron chi connectivity index (χ4n) is 3.12. The molecular formula is C17H18N6O2. The first-order chi connectivity index (χ1) is 12.3. The Kier molecular flexibility index (Phi) is 3.93. The molecule has 3 aromatic rings. The molecule has 4 rings (SSSR count). The van der Waals surface area contributed by atoms with Crippen molar-refractivity contribution in [3.05, 3.63) is 42.4 Å². The molecule has 1 fully saturated rings. The van der Waals surface area contributed by atoms with Crippen LogP contribution in [0.15, 0.2) is 36.8 Å². The van der Waals surface area contributed by atoms with Crippen LogP contribution >= 0.6 is 0 Å². The summed E-state index contributed by atoms with van der Waals surface area (Å²) in [6, 6.07) is 7.31. The summed E-state index contributed by atoms with van der Waals surface area (Å²) in [6.07, 6.45) is 3.26. The van der Waals surface area contributed by atoms with E-state index in [1.807, 2.05) is 17.0 Å². The van der Waals surface area contributed by atoms with E-state index in [1.54, 1.807) is 25.4 Å². The number of ether oxygens (including phenoxy) is 1. The van der Waals surface area contributed by atoms with Crippen LogP contribution in [0.1, 0.15) is 10.4 Å². The number of piperazine rings is 1. The topological polar surface area (TPSA) is 87.2 Å². The number of nitrogens with zero attached hydrogens (tertiary/aromatic N) is 5. The van der Waals surface area contributed by atoms with Gasteiger partial charge in [-0.1, -0.05) is 12.1 Å². The number of H-pyrrole nitrogens is 1. The Labute approximate surface area is 144 Å². The first kappa shape index (κ1) is 15.4. The Morgan fingerprint density at radius 2 is 1.96 bits per heavy atom. The molecule has 8 heteroatoms. The molecule has 0 unspecified atom stereocenters. The molecule has 8 nitrogen and oxygen atoms in total. The highest BCUT2D eigenvalue weighted by atomic mass is 16.5.